The van der Waals surface area contributed by atoms with Gasteiger partial charge in [-0.15, -0.1) is 0 Å². The molecule has 0 spiro atoms. The Bertz CT molecular complexity index is 740. The molecule has 0 aliphatic heterocycles. The van der Waals surface area contributed by atoms with E-state index >= 15 is 0 Å². The lowest BCUT2D eigenvalue weighted by Gasteiger charge is -1.93. The Balaban J connectivity index is 0. The number of nitrogens with zero attached hydrogens (tertiary/aromatic N) is 1. The largest absolute Gasteiger partial charge is 0.490 e. The molecule has 1 heterocycles. The molecule has 0 fully saturated rings. The highest BCUT2D eigenvalue weighted by Crippen LogP contribution is 2.14. The van der Waals surface area contributed by atoms with E-state index in [1.165, 1.54) is 5.39 Å². The first-order valence-electron chi connectivity index (χ1n) is 7.00. The molecule has 0 saturated carbocycles. The molecule has 0 atom stereocenters. The van der Waals surface area contributed by atoms with Crippen LogP contribution >= 0.6 is 0 Å². The zero-order chi connectivity index (χ0) is 25.0. The molecule has 0 saturated heterocycles. The van der Waals surface area contributed by atoms with Crippen molar-refractivity contribution in [3.8, 4) is 0 Å². The molecule has 0 unspecified atom stereocenters. The normalized spacial score (nSPS) is 10.9. The maximum absolute atomic E-state index is 10.6. The van der Waals surface area contributed by atoms with Crippen molar-refractivity contribution in [3.05, 3.63) is 42.6 Å². The molecule has 0 amide bonds. The summed E-state index contributed by atoms with van der Waals surface area (Å²) in [5, 5.41) is 22.6. The molecule has 0 aliphatic carbocycles. The van der Waals surface area contributed by atoms with Crippen LogP contribution in [0.5, 0.6) is 0 Å². The van der Waals surface area contributed by atoms with Crippen molar-refractivity contribution in [1.82, 2.24) is 4.98 Å². The number of aliphatic carboxylic acids is 3. The third-order valence-electron chi connectivity index (χ3n) is 2.24. The summed E-state index contributed by atoms with van der Waals surface area (Å²) >= 11 is 0. The summed E-state index contributed by atoms with van der Waals surface area (Å²) in [6.07, 6.45) is -13.4. The number of hydrogen-bond acceptors (Lipinski definition) is 4. The lowest BCUT2D eigenvalue weighted by Crippen LogP contribution is -2.21. The van der Waals surface area contributed by atoms with Gasteiger partial charge in [0.2, 0.25) is 0 Å². The van der Waals surface area contributed by atoms with Crippen LogP contribution in [0.4, 0.5) is 39.5 Å². The van der Waals surface area contributed by atoms with Crippen LogP contribution in [0.25, 0.3) is 10.9 Å². The number of fused-ring (bicyclic) bond motifs is 1. The van der Waals surface area contributed by atoms with Gasteiger partial charge >= 0.3 is 36.4 Å². The van der Waals surface area contributed by atoms with Gasteiger partial charge in [0.1, 0.15) is 0 Å². The smallest absolute Gasteiger partial charge is 0.475 e. The Morgan fingerprint density at radius 3 is 1.19 bits per heavy atom. The number of halogens is 9. The number of pyridine rings is 1. The topological polar surface area (TPSA) is 125 Å². The van der Waals surface area contributed by atoms with Crippen molar-refractivity contribution >= 4 is 28.8 Å². The van der Waals surface area contributed by atoms with Gasteiger partial charge in [-0.2, -0.15) is 39.5 Å². The third kappa shape index (κ3) is 15.0. The summed E-state index contributed by atoms with van der Waals surface area (Å²) < 4.78 is 95.2. The number of hydrogen-bond donors (Lipinski definition) is 3. The Kier molecular flexibility index (Phi) is 11.6. The number of carbonyl (C=O) groups is 3. The second-order valence-corrected chi connectivity index (χ2v) is 4.60. The highest BCUT2D eigenvalue weighted by molar-refractivity contribution is 5.77. The number of carboxylic acids is 3. The van der Waals surface area contributed by atoms with E-state index in [0.717, 1.165) is 5.52 Å². The highest BCUT2D eigenvalue weighted by Gasteiger charge is 2.39. The quantitative estimate of drug-likeness (QED) is 0.494. The Morgan fingerprint density at radius 2 is 0.903 bits per heavy atom. The number of alkyl halides is 9. The second kappa shape index (κ2) is 12.2. The van der Waals surface area contributed by atoms with E-state index in [1.807, 2.05) is 30.5 Å². The van der Waals surface area contributed by atoms with E-state index in [0.29, 0.717) is 0 Å². The number of aromatic nitrogens is 1. The minimum absolute atomic E-state index is 1.06. The van der Waals surface area contributed by atoms with Gasteiger partial charge in [0, 0.05) is 11.6 Å². The molecule has 1 aromatic heterocycles. The minimum Gasteiger partial charge on any atom is -0.475 e. The summed E-state index contributed by atoms with van der Waals surface area (Å²) in [6.45, 7) is 0. The predicted octanol–water partition coefficient (Wildman–Crippen LogP) is 4.13. The van der Waals surface area contributed by atoms with E-state index in [2.05, 4.69) is 17.1 Å². The zero-order valence-corrected chi connectivity index (χ0v) is 14.5. The van der Waals surface area contributed by atoms with Crippen LogP contribution in [0.2, 0.25) is 0 Å². The summed E-state index contributed by atoms with van der Waals surface area (Å²) in [5.41, 5.74) is 1.06. The standard InChI is InChI=1S/C9H7N.3C2HF3O2/c1-2-6-9-8(4-1)5-3-7-10-9;3*3-2(4,5)1(6)7/h1-7H;3*(H,6,7). The van der Waals surface area contributed by atoms with Gasteiger partial charge in [-0.1, -0.05) is 24.3 Å². The van der Waals surface area contributed by atoms with Crippen LogP contribution < -0.4 is 0 Å². The molecule has 174 valence electrons. The van der Waals surface area contributed by atoms with Crippen molar-refractivity contribution in [3.63, 3.8) is 0 Å². The average molecular weight is 471 g/mol. The van der Waals surface area contributed by atoms with Crippen molar-refractivity contribution in [2.75, 3.05) is 0 Å². The molecule has 31 heavy (non-hydrogen) atoms. The first-order valence-corrected chi connectivity index (χ1v) is 7.00. The Hall–Kier alpha value is -3.59. The molecule has 1 aromatic carbocycles. The van der Waals surface area contributed by atoms with Gasteiger partial charge in [-0.05, 0) is 12.1 Å². The lowest BCUT2D eigenvalue weighted by molar-refractivity contribution is -0.193. The van der Waals surface area contributed by atoms with Crippen LogP contribution in [0.3, 0.4) is 0 Å². The summed E-state index contributed by atoms with van der Waals surface area (Å²) in [7, 11) is 0. The monoisotopic (exact) mass is 471 g/mol. The van der Waals surface area contributed by atoms with E-state index in [1.54, 1.807) is 0 Å². The van der Waals surface area contributed by atoms with Crippen LogP contribution in [-0.2, 0) is 14.4 Å². The zero-order valence-electron chi connectivity index (χ0n) is 14.5. The van der Waals surface area contributed by atoms with Crippen LogP contribution in [-0.4, -0.2) is 56.7 Å². The highest BCUT2D eigenvalue weighted by atomic mass is 19.4. The SMILES string of the molecule is O=C(O)C(F)(F)F.O=C(O)C(F)(F)F.O=C(O)C(F)(F)F.c1ccc2ncccc2c1. The fraction of sp³-hybridized carbons (Fsp3) is 0.200. The number of para-hydroxylation sites is 1. The Labute approximate surface area is 165 Å². The molecule has 2 aromatic rings. The summed E-state index contributed by atoms with van der Waals surface area (Å²) in [4.78, 5) is 30.9. The average Bonchev–Trinajstić information content (AvgIpc) is 2.61. The molecule has 0 radical (unpaired) electrons. The van der Waals surface area contributed by atoms with Gasteiger partial charge < -0.3 is 15.3 Å². The van der Waals surface area contributed by atoms with Crippen molar-refractivity contribution in [1.29, 1.82) is 0 Å². The van der Waals surface area contributed by atoms with E-state index < -0.39 is 36.4 Å². The van der Waals surface area contributed by atoms with Gasteiger partial charge in [-0.25, -0.2) is 14.4 Å². The van der Waals surface area contributed by atoms with Gasteiger partial charge in [0.05, 0.1) is 5.52 Å². The number of rotatable bonds is 0. The first-order chi connectivity index (χ1) is 13.8. The molecule has 3 N–H and O–H groups in total. The second-order valence-electron chi connectivity index (χ2n) is 4.60. The van der Waals surface area contributed by atoms with E-state index in [4.69, 9.17) is 29.7 Å². The fourth-order valence-electron chi connectivity index (χ4n) is 1.02. The van der Waals surface area contributed by atoms with Crippen LogP contribution in [0.15, 0.2) is 42.6 Å². The van der Waals surface area contributed by atoms with Gasteiger partial charge in [-0.3, -0.25) is 4.98 Å². The maximum Gasteiger partial charge on any atom is 0.490 e. The first kappa shape index (κ1) is 29.6. The van der Waals surface area contributed by atoms with E-state index in [-0.39, 0.29) is 0 Å². The van der Waals surface area contributed by atoms with Crippen molar-refractivity contribution in [2.45, 2.75) is 18.5 Å². The van der Waals surface area contributed by atoms with E-state index in [9.17, 15) is 39.5 Å². The molecule has 0 bridgehead atoms. The fourth-order valence-corrected chi connectivity index (χ4v) is 1.02. The molecule has 2 rings (SSSR count). The Morgan fingerprint density at radius 1 is 0.613 bits per heavy atom. The molecule has 7 nitrogen and oxygen atoms in total. The van der Waals surface area contributed by atoms with Crippen molar-refractivity contribution in [2.24, 2.45) is 0 Å². The molecule has 0 aliphatic rings. The summed E-state index contributed by atoms with van der Waals surface area (Å²) in [6, 6.07) is 12.1. The van der Waals surface area contributed by atoms with Gasteiger partial charge in [0.25, 0.3) is 0 Å². The van der Waals surface area contributed by atoms with Crippen LogP contribution in [0, 0.1) is 0 Å². The van der Waals surface area contributed by atoms with Gasteiger partial charge in [0.15, 0.2) is 0 Å². The van der Waals surface area contributed by atoms with Crippen molar-refractivity contribution < 1.29 is 69.2 Å². The predicted molar refractivity (Wildman–Crippen MR) is 82.8 cm³/mol. The summed E-state index contributed by atoms with van der Waals surface area (Å²) in [5.74, 6) is -8.27. The van der Waals surface area contributed by atoms with Crippen LogP contribution in [0.1, 0.15) is 0 Å². The number of benzene rings is 1. The molecule has 16 heteroatoms. The lowest BCUT2D eigenvalue weighted by atomic mass is 10.2. The third-order valence-corrected chi connectivity index (χ3v) is 2.24. The molecular weight excluding hydrogens is 461 g/mol. The number of carboxylic acid groups (broad SMARTS) is 3. The maximum atomic E-state index is 10.6. The molecular formula is C15H10F9NO6. The minimum atomic E-state index is -5.08.